The van der Waals surface area contributed by atoms with Crippen molar-refractivity contribution in [3.63, 3.8) is 0 Å². The summed E-state index contributed by atoms with van der Waals surface area (Å²) in [5.74, 6) is 0.246. The Bertz CT molecular complexity index is 272. The average Bonchev–Trinajstić information content (AvgIpc) is 2.13. The molecule has 0 fully saturated rings. The van der Waals surface area contributed by atoms with Crippen molar-refractivity contribution in [2.24, 2.45) is 0 Å². The molecule has 0 heterocycles. The smallest absolute Gasteiger partial charge is 0.387 e. The van der Waals surface area contributed by atoms with Gasteiger partial charge in [-0.05, 0) is 25.5 Å². The van der Waals surface area contributed by atoms with E-state index in [9.17, 15) is 8.78 Å². The molecule has 0 aromatic heterocycles. The van der Waals surface area contributed by atoms with Crippen molar-refractivity contribution in [1.29, 1.82) is 0 Å². The zero-order chi connectivity index (χ0) is 11.1. The van der Waals surface area contributed by atoms with E-state index in [-0.39, 0.29) is 5.75 Å². The average molecular weight is 202 g/mol. The van der Waals surface area contributed by atoms with Crippen LogP contribution in [-0.4, -0.2) is 6.61 Å². The van der Waals surface area contributed by atoms with E-state index in [1.807, 2.05) is 20.8 Å². The van der Waals surface area contributed by atoms with Crippen molar-refractivity contribution in [3.8, 4) is 5.75 Å². The third-order valence-corrected chi connectivity index (χ3v) is 1.55. The zero-order valence-electron chi connectivity index (χ0n) is 8.97. The summed E-state index contributed by atoms with van der Waals surface area (Å²) in [4.78, 5) is 0. The van der Waals surface area contributed by atoms with Crippen LogP contribution in [0.15, 0.2) is 18.2 Å². The van der Waals surface area contributed by atoms with Gasteiger partial charge in [0.15, 0.2) is 0 Å². The van der Waals surface area contributed by atoms with E-state index in [1.54, 1.807) is 25.1 Å². The number of aryl methyl sites for hydroxylation is 2. The fourth-order valence-electron chi connectivity index (χ4n) is 1.03. The van der Waals surface area contributed by atoms with Gasteiger partial charge in [0.25, 0.3) is 0 Å². The quantitative estimate of drug-likeness (QED) is 0.706. The van der Waals surface area contributed by atoms with Crippen molar-refractivity contribution < 1.29 is 13.5 Å². The first kappa shape index (κ1) is 12.9. The largest absolute Gasteiger partial charge is 0.435 e. The van der Waals surface area contributed by atoms with E-state index in [0.717, 1.165) is 11.1 Å². The second kappa shape index (κ2) is 6.35. The Morgan fingerprint density at radius 3 is 2.14 bits per heavy atom. The first-order valence-electron chi connectivity index (χ1n) is 4.61. The van der Waals surface area contributed by atoms with E-state index in [4.69, 9.17) is 0 Å². The predicted molar refractivity (Wildman–Crippen MR) is 53.9 cm³/mol. The molecule has 0 bridgehead atoms. The fraction of sp³-hybridized carbons (Fsp3) is 0.455. The van der Waals surface area contributed by atoms with Crippen molar-refractivity contribution in [2.75, 3.05) is 0 Å². The van der Waals surface area contributed by atoms with Gasteiger partial charge in [0.1, 0.15) is 5.75 Å². The molecule has 0 amide bonds. The maximum Gasteiger partial charge on any atom is 0.387 e. The highest BCUT2D eigenvalue weighted by molar-refractivity contribution is 5.35. The summed E-state index contributed by atoms with van der Waals surface area (Å²) >= 11 is 0. The highest BCUT2D eigenvalue weighted by Gasteiger charge is 2.05. The molecule has 1 nitrogen and oxygen atoms in total. The van der Waals surface area contributed by atoms with Crippen LogP contribution in [0.1, 0.15) is 25.0 Å². The monoisotopic (exact) mass is 202 g/mol. The minimum atomic E-state index is -2.74. The third kappa shape index (κ3) is 4.21. The number of hydrogen-bond acceptors (Lipinski definition) is 1. The van der Waals surface area contributed by atoms with Gasteiger partial charge in [0, 0.05) is 0 Å². The Labute approximate surface area is 83.7 Å². The Morgan fingerprint density at radius 2 is 1.71 bits per heavy atom. The standard InChI is InChI=1S/C9H10F2O.C2H6/c1-6-3-4-8(7(2)5-6)12-9(10)11;1-2/h3-5,9H,1-2H3;1-2H3. The van der Waals surface area contributed by atoms with Gasteiger partial charge in [-0.15, -0.1) is 0 Å². The van der Waals surface area contributed by atoms with Crippen LogP contribution in [0.25, 0.3) is 0 Å². The second-order valence-electron chi connectivity index (χ2n) is 2.65. The van der Waals surface area contributed by atoms with E-state index in [0.29, 0.717) is 0 Å². The van der Waals surface area contributed by atoms with E-state index in [2.05, 4.69) is 4.74 Å². The second-order valence-corrected chi connectivity index (χ2v) is 2.65. The SMILES string of the molecule is CC.Cc1ccc(OC(F)F)c(C)c1. The Balaban J connectivity index is 0.000000791. The number of alkyl halides is 2. The molecule has 80 valence electrons. The van der Waals surface area contributed by atoms with Crippen LogP contribution in [-0.2, 0) is 0 Å². The van der Waals surface area contributed by atoms with E-state index in [1.165, 1.54) is 0 Å². The summed E-state index contributed by atoms with van der Waals surface area (Å²) in [5.41, 5.74) is 1.77. The summed E-state index contributed by atoms with van der Waals surface area (Å²) in [6.45, 7) is 4.90. The Morgan fingerprint density at radius 1 is 1.14 bits per heavy atom. The summed E-state index contributed by atoms with van der Waals surface area (Å²) < 4.78 is 27.8. The highest BCUT2D eigenvalue weighted by Crippen LogP contribution is 2.20. The fourth-order valence-corrected chi connectivity index (χ4v) is 1.03. The van der Waals surface area contributed by atoms with Gasteiger partial charge < -0.3 is 4.74 Å². The molecule has 3 heteroatoms. The van der Waals surface area contributed by atoms with Crippen LogP contribution in [0.2, 0.25) is 0 Å². The van der Waals surface area contributed by atoms with Crippen molar-refractivity contribution in [1.82, 2.24) is 0 Å². The molecule has 0 aliphatic carbocycles. The minimum Gasteiger partial charge on any atom is -0.435 e. The number of ether oxygens (including phenoxy) is 1. The maximum atomic E-state index is 11.8. The first-order valence-corrected chi connectivity index (χ1v) is 4.61. The van der Waals surface area contributed by atoms with Gasteiger partial charge >= 0.3 is 6.61 Å². The third-order valence-electron chi connectivity index (χ3n) is 1.55. The molecule has 0 unspecified atom stereocenters. The van der Waals surface area contributed by atoms with Crippen molar-refractivity contribution in [2.45, 2.75) is 34.3 Å². The molecule has 0 N–H and O–H groups in total. The molecule has 0 spiro atoms. The van der Waals surface area contributed by atoms with Crippen LogP contribution in [0, 0.1) is 13.8 Å². The number of hydrogen-bond donors (Lipinski definition) is 0. The van der Waals surface area contributed by atoms with Crippen molar-refractivity contribution >= 4 is 0 Å². The number of benzene rings is 1. The molecule has 0 radical (unpaired) electrons. The highest BCUT2D eigenvalue weighted by atomic mass is 19.3. The molecule has 14 heavy (non-hydrogen) atoms. The van der Waals surface area contributed by atoms with E-state index < -0.39 is 6.61 Å². The van der Waals surface area contributed by atoms with Crippen molar-refractivity contribution in [3.05, 3.63) is 29.3 Å². The lowest BCUT2D eigenvalue weighted by Gasteiger charge is -2.07. The Kier molecular flexibility index (Phi) is 5.84. The molecule has 1 aromatic carbocycles. The van der Waals surface area contributed by atoms with Crippen LogP contribution < -0.4 is 4.74 Å². The molecule has 1 aromatic rings. The Hall–Kier alpha value is -1.12. The molecule has 0 saturated carbocycles. The summed E-state index contributed by atoms with van der Waals surface area (Å²) in [7, 11) is 0. The first-order chi connectivity index (χ1) is 6.59. The summed E-state index contributed by atoms with van der Waals surface area (Å²) in [6.07, 6.45) is 0. The van der Waals surface area contributed by atoms with Crippen LogP contribution in [0.4, 0.5) is 8.78 Å². The number of halogens is 2. The lowest BCUT2D eigenvalue weighted by Crippen LogP contribution is -2.03. The molecule has 1 rings (SSSR count). The summed E-state index contributed by atoms with van der Waals surface area (Å²) in [6, 6.07) is 5.10. The summed E-state index contributed by atoms with van der Waals surface area (Å²) in [5, 5.41) is 0. The molecular weight excluding hydrogens is 186 g/mol. The molecule has 0 atom stereocenters. The molecule has 0 aliphatic heterocycles. The van der Waals surface area contributed by atoms with E-state index >= 15 is 0 Å². The van der Waals surface area contributed by atoms with Crippen LogP contribution in [0.3, 0.4) is 0 Å². The minimum absolute atomic E-state index is 0.246. The van der Waals surface area contributed by atoms with Gasteiger partial charge in [0.05, 0.1) is 0 Å². The zero-order valence-corrected chi connectivity index (χ0v) is 8.97. The topological polar surface area (TPSA) is 9.23 Å². The molecular formula is C11H16F2O. The predicted octanol–water partition coefficient (Wildman–Crippen LogP) is 3.93. The van der Waals surface area contributed by atoms with Gasteiger partial charge in [-0.2, -0.15) is 8.78 Å². The van der Waals surface area contributed by atoms with Crippen LogP contribution >= 0.6 is 0 Å². The lowest BCUT2D eigenvalue weighted by atomic mass is 10.1. The lowest BCUT2D eigenvalue weighted by molar-refractivity contribution is -0.0503. The van der Waals surface area contributed by atoms with Crippen LogP contribution in [0.5, 0.6) is 5.75 Å². The molecule has 0 aliphatic rings. The van der Waals surface area contributed by atoms with Gasteiger partial charge in [0.2, 0.25) is 0 Å². The maximum absolute atomic E-state index is 11.8. The van der Waals surface area contributed by atoms with Gasteiger partial charge in [-0.25, -0.2) is 0 Å². The van der Waals surface area contributed by atoms with Gasteiger partial charge in [-0.3, -0.25) is 0 Å². The molecule has 0 saturated heterocycles. The number of rotatable bonds is 2. The van der Waals surface area contributed by atoms with Gasteiger partial charge in [-0.1, -0.05) is 31.5 Å². The normalized spacial score (nSPS) is 9.36.